The molecule has 4 nitrogen and oxygen atoms in total. The molecule has 0 radical (unpaired) electrons. The average Bonchev–Trinajstić information content (AvgIpc) is 3.39. The molecule has 0 spiro atoms. The molecule has 2 aromatic carbocycles. The minimum Gasteiger partial charge on any atom is -0.471 e. The molecular weight excluding hydrogens is 443 g/mol. The zero-order valence-corrected chi connectivity index (χ0v) is 20.5. The normalized spacial score (nSPS) is 22.9. The fourth-order valence-corrected chi connectivity index (χ4v) is 5.04. The number of aliphatic imine (C=N–C) groups is 2. The van der Waals surface area contributed by atoms with Crippen LogP contribution >= 0.6 is 0 Å². The first-order valence-electron chi connectivity index (χ1n) is 11.7. The van der Waals surface area contributed by atoms with Crippen LogP contribution in [-0.2, 0) is 26.0 Å². The fourth-order valence-electron chi connectivity index (χ4n) is 5.04. The third-order valence-corrected chi connectivity index (χ3v) is 7.11. The largest absolute Gasteiger partial charge is 0.471 e. The average molecular weight is 477 g/mol. The van der Waals surface area contributed by atoms with Crippen LogP contribution in [0.15, 0.2) is 70.6 Å². The van der Waals surface area contributed by atoms with E-state index in [9.17, 15) is 0 Å². The molecule has 174 valence electrons. The number of hydrogen-bond donors (Lipinski definition) is 0. The molecule has 0 bridgehead atoms. The van der Waals surface area contributed by atoms with Crippen molar-refractivity contribution in [2.24, 2.45) is 9.98 Å². The maximum atomic E-state index is 6.54. The Kier molecular flexibility index (Phi) is 7.82. The van der Waals surface area contributed by atoms with Gasteiger partial charge in [0.05, 0.1) is 6.42 Å². The molecule has 32 heavy (non-hydrogen) atoms. The van der Waals surface area contributed by atoms with Crippen LogP contribution < -0.4 is 0 Å². The smallest absolute Gasteiger partial charge is 0.194 e. The third-order valence-electron chi connectivity index (χ3n) is 7.11. The molecule has 0 aromatic heterocycles. The molecule has 0 aliphatic carbocycles. The molecule has 2 heterocycles. The van der Waals surface area contributed by atoms with E-state index >= 15 is 0 Å². The van der Waals surface area contributed by atoms with Crippen molar-refractivity contribution in [3.8, 4) is 0 Å². The van der Waals surface area contributed by atoms with Crippen LogP contribution in [0.4, 0.5) is 0 Å². The molecule has 2 aliphatic heterocycles. The first-order valence-corrected chi connectivity index (χ1v) is 11.7. The number of benzene rings is 2. The van der Waals surface area contributed by atoms with Gasteiger partial charge < -0.3 is 9.47 Å². The van der Waals surface area contributed by atoms with Crippen molar-refractivity contribution in [3.05, 3.63) is 71.8 Å². The number of rotatable bonds is 8. The number of ether oxygens (including phenoxy) is 2. The van der Waals surface area contributed by atoms with Gasteiger partial charge in [0, 0.05) is 16.5 Å². The molecule has 0 N–H and O–H groups in total. The summed E-state index contributed by atoms with van der Waals surface area (Å²) in [5, 5.41) is 0. The molecule has 0 amide bonds. The maximum absolute atomic E-state index is 6.54. The van der Waals surface area contributed by atoms with Crippen molar-refractivity contribution < 1.29 is 26.0 Å². The van der Waals surface area contributed by atoms with Gasteiger partial charge in [0.15, 0.2) is 11.8 Å². The van der Waals surface area contributed by atoms with Crippen molar-refractivity contribution in [1.82, 2.24) is 0 Å². The van der Waals surface area contributed by atoms with Gasteiger partial charge in [-0.3, -0.25) is 0 Å². The summed E-state index contributed by atoms with van der Waals surface area (Å²) in [6.45, 7) is 8.75. The van der Waals surface area contributed by atoms with Crippen LogP contribution in [0.5, 0.6) is 0 Å². The van der Waals surface area contributed by atoms with Gasteiger partial charge in [0.25, 0.3) is 0 Å². The summed E-state index contributed by atoms with van der Waals surface area (Å²) in [7, 11) is 0. The van der Waals surface area contributed by atoms with E-state index in [4.69, 9.17) is 19.5 Å². The van der Waals surface area contributed by atoms with E-state index < -0.39 is 0 Å². The van der Waals surface area contributed by atoms with Gasteiger partial charge in [0.1, 0.15) is 23.3 Å². The molecule has 4 rings (SSSR count). The summed E-state index contributed by atoms with van der Waals surface area (Å²) < 4.78 is 13.1. The minimum atomic E-state index is -0.304. The maximum Gasteiger partial charge on any atom is 0.194 e. The quantitative estimate of drug-likeness (QED) is 0.391. The molecule has 0 saturated heterocycles. The van der Waals surface area contributed by atoms with Crippen molar-refractivity contribution in [1.29, 1.82) is 0 Å². The van der Waals surface area contributed by atoms with E-state index in [0.29, 0.717) is 6.42 Å². The molecule has 0 unspecified atom stereocenters. The first-order chi connectivity index (χ1) is 15.1. The predicted molar refractivity (Wildman–Crippen MR) is 127 cm³/mol. The van der Waals surface area contributed by atoms with Gasteiger partial charge in [-0.05, 0) is 36.8 Å². The zero-order valence-electron chi connectivity index (χ0n) is 19.5. The van der Waals surface area contributed by atoms with Crippen molar-refractivity contribution in [2.45, 2.75) is 83.1 Å². The Morgan fingerprint density at radius 1 is 0.625 bits per heavy atom. The van der Waals surface area contributed by atoms with Crippen LogP contribution in [0.2, 0.25) is 0 Å². The van der Waals surface area contributed by atoms with E-state index in [1.807, 2.05) is 12.1 Å². The molecule has 2 atom stereocenters. The second kappa shape index (κ2) is 10.2. The molecule has 2 aromatic rings. The van der Waals surface area contributed by atoms with E-state index in [-0.39, 0.29) is 39.8 Å². The molecule has 5 heteroatoms. The Morgan fingerprint density at radius 2 is 0.969 bits per heavy atom. The Bertz CT molecular complexity index is 857. The number of hydrogen-bond acceptors (Lipinski definition) is 4. The Hall–Kier alpha value is -2.13. The summed E-state index contributed by atoms with van der Waals surface area (Å²) in [5.74, 6) is 1.48. The van der Waals surface area contributed by atoms with Crippen LogP contribution in [-0.4, -0.2) is 23.0 Å². The predicted octanol–water partition coefficient (Wildman–Crippen LogP) is 6.83. The van der Waals surface area contributed by atoms with Gasteiger partial charge in [-0.2, -0.15) is 0 Å². The van der Waals surface area contributed by atoms with Gasteiger partial charge in [-0.15, -0.1) is 0 Å². The monoisotopic (exact) mass is 476 g/mol. The topological polar surface area (TPSA) is 43.2 Å². The van der Waals surface area contributed by atoms with Crippen LogP contribution in [0.3, 0.4) is 0 Å². The van der Waals surface area contributed by atoms with Crippen molar-refractivity contribution >= 4 is 11.8 Å². The minimum absolute atomic E-state index is 0. The SMILES string of the molecule is CCC1(CC)OC(CC2=N[C@H](c3ccccc3)C(CC)(CC)O2)=N[C@@H]1c1ccccc1.[Ni]. The van der Waals surface area contributed by atoms with Crippen LogP contribution in [0, 0.1) is 0 Å². The second-order valence-corrected chi connectivity index (χ2v) is 8.60. The molecular formula is C27H34N2NiO2. The summed E-state index contributed by atoms with van der Waals surface area (Å²) in [6.07, 6.45) is 4.14. The van der Waals surface area contributed by atoms with Gasteiger partial charge in [-0.25, -0.2) is 9.98 Å². The standard InChI is InChI=1S/C27H34N2O2.Ni/c1-5-26(6-2)24(20-15-11-9-12-16-20)28-22(30-26)19-23-29-25(21-17-13-10-14-18-21)27(7-3,8-4)31-23;/h9-18,24-25H,5-8,19H2,1-4H3;/t24-,25-;/m1./s1. The fraction of sp³-hybridized carbons (Fsp3) is 0.481. The van der Waals surface area contributed by atoms with Gasteiger partial charge in [-0.1, -0.05) is 88.4 Å². The number of nitrogens with zero attached hydrogens (tertiary/aromatic N) is 2. The molecule has 0 fully saturated rings. The van der Waals surface area contributed by atoms with E-state index in [2.05, 4.69) is 76.2 Å². The zero-order chi connectivity index (χ0) is 21.9. The molecule has 2 aliphatic rings. The van der Waals surface area contributed by atoms with Crippen LogP contribution in [0.1, 0.15) is 83.0 Å². The Labute approximate surface area is 202 Å². The third kappa shape index (κ3) is 4.37. The van der Waals surface area contributed by atoms with E-state index in [0.717, 1.165) is 37.5 Å². The summed E-state index contributed by atoms with van der Waals surface area (Å²) in [4.78, 5) is 10.1. The summed E-state index contributed by atoms with van der Waals surface area (Å²) >= 11 is 0. The molecule has 0 saturated carbocycles. The van der Waals surface area contributed by atoms with E-state index in [1.165, 1.54) is 11.1 Å². The van der Waals surface area contributed by atoms with Gasteiger partial charge in [0.2, 0.25) is 0 Å². The van der Waals surface area contributed by atoms with Crippen molar-refractivity contribution in [2.75, 3.05) is 0 Å². The summed E-state index contributed by atoms with van der Waals surface area (Å²) in [5.41, 5.74) is 1.80. The first kappa shape index (κ1) is 24.5. The second-order valence-electron chi connectivity index (χ2n) is 8.60. The Balaban J connectivity index is 0.00000289. The Morgan fingerprint density at radius 3 is 1.28 bits per heavy atom. The van der Waals surface area contributed by atoms with E-state index in [1.54, 1.807) is 0 Å². The summed E-state index contributed by atoms with van der Waals surface area (Å²) in [6, 6.07) is 21.0. The van der Waals surface area contributed by atoms with Crippen LogP contribution in [0.25, 0.3) is 0 Å². The van der Waals surface area contributed by atoms with Crippen molar-refractivity contribution in [3.63, 3.8) is 0 Å². The van der Waals surface area contributed by atoms with Gasteiger partial charge >= 0.3 is 0 Å².